The van der Waals surface area contributed by atoms with Crippen molar-refractivity contribution in [1.29, 1.82) is 0 Å². The van der Waals surface area contributed by atoms with Gasteiger partial charge in [0.2, 0.25) is 0 Å². The zero-order chi connectivity index (χ0) is 12.0. The molecule has 0 aliphatic rings. The number of benzene rings is 1. The zero-order valence-corrected chi connectivity index (χ0v) is 10.5. The number of aliphatic hydroxyl groups is 1. The van der Waals surface area contributed by atoms with Crippen LogP contribution in [0.5, 0.6) is 5.75 Å². The number of hydrogen-bond acceptors (Lipinski definition) is 2. The summed E-state index contributed by atoms with van der Waals surface area (Å²) in [6.45, 7) is 4.20. The standard InChI is InChI=1S/C14H22O2/c1-4-5-6-13(15)10-12-9-11(2)7-8-14(12)16-3/h7-9,13,15H,4-6,10H2,1-3H3. The van der Waals surface area contributed by atoms with Gasteiger partial charge in [-0.15, -0.1) is 0 Å². The van der Waals surface area contributed by atoms with Crippen LogP contribution >= 0.6 is 0 Å². The Morgan fingerprint density at radius 1 is 1.38 bits per heavy atom. The lowest BCUT2D eigenvalue weighted by Gasteiger charge is -2.13. The molecule has 0 saturated carbocycles. The largest absolute Gasteiger partial charge is 0.496 e. The quantitative estimate of drug-likeness (QED) is 0.801. The summed E-state index contributed by atoms with van der Waals surface area (Å²) >= 11 is 0. The molecule has 0 aliphatic heterocycles. The monoisotopic (exact) mass is 222 g/mol. The highest BCUT2D eigenvalue weighted by molar-refractivity contribution is 5.37. The molecule has 1 aromatic carbocycles. The Hall–Kier alpha value is -1.02. The van der Waals surface area contributed by atoms with E-state index in [0.29, 0.717) is 6.42 Å². The first-order valence-corrected chi connectivity index (χ1v) is 5.99. The first-order chi connectivity index (χ1) is 7.67. The highest BCUT2D eigenvalue weighted by Gasteiger charge is 2.09. The van der Waals surface area contributed by atoms with Crippen LogP contribution < -0.4 is 4.74 Å². The summed E-state index contributed by atoms with van der Waals surface area (Å²) in [7, 11) is 1.67. The molecule has 0 aromatic heterocycles. The van der Waals surface area contributed by atoms with Gasteiger partial charge in [0.25, 0.3) is 0 Å². The van der Waals surface area contributed by atoms with Crippen molar-refractivity contribution in [1.82, 2.24) is 0 Å². The van der Waals surface area contributed by atoms with Gasteiger partial charge in [0.1, 0.15) is 5.75 Å². The van der Waals surface area contributed by atoms with Crippen molar-refractivity contribution in [3.8, 4) is 5.75 Å². The van der Waals surface area contributed by atoms with E-state index in [-0.39, 0.29) is 6.10 Å². The Labute approximate surface area is 98.3 Å². The van der Waals surface area contributed by atoms with Gasteiger partial charge in [0.05, 0.1) is 13.2 Å². The fourth-order valence-electron chi connectivity index (χ4n) is 1.86. The Kier molecular flexibility index (Phi) is 5.33. The average Bonchev–Trinajstić information content (AvgIpc) is 2.27. The number of methoxy groups -OCH3 is 1. The van der Waals surface area contributed by atoms with Crippen molar-refractivity contribution in [3.63, 3.8) is 0 Å². The lowest BCUT2D eigenvalue weighted by molar-refractivity contribution is 0.160. The Morgan fingerprint density at radius 2 is 2.12 bits per heavy atom. The molecule has 0 fully saturated rings. The van der Waals surface area contributed by atoms with Gasteiger partial charge in [-0.25, -0.2) is 0 Å². The topological polar surface area (TPSA) is 29.5 Å². The van der Waals surface area contributed by atoms with Gasteiger partial charge in [-0.05, 0) is 25.0 Å². The Balaban J connectivity index is 2.67. The average molecular weight is 222 g/mol. The molecule has 0 heterocycles. The molecule has 1 atom stereocenters. The van der Waals surface area contributed by atoms with Crippen molar-refractivity contribution in [3.05, 3.63) is 29.3 Å². The van der Waals surface area contributed by atoms with E-state index in [1.807, 2.05) is 12.1 Å². The Morgan fingerprint density at radius 3 is 2.75 bits per heavy atom. The smallest absolute Gasteiger partial charge is 0.122 e. The third-order valence-electron chi connectivity index (χ3n) is 2.78. The van der Waals surface area contributed by atoms with Gasteiger partial charge in [0, 0.05) is 6.42 Å². The van der Waals surface area contributed by atoms with E-state index in [4.69, 9.17) is 4.74 Å². The molecule has 0 bridgehead atoms. The van der Waals surface area contributed by atoms with Crippen LogP contribution in [-0.2, 0) is 6.42 Å². The summed E-state index contributed by atoms with van der Waals surface area (Å²) < 4.78 is 5.29. The summed E-state index contributed by atoms with van der Waals surface area (Å²) in [6.07, 6.45) is 3.51. The van der Waals surface area contributed by atoms with Crippen molar-refractivity contribution in [2.45, 2.75) is 45.6 Å². The maximum atomic E-state index is 9.89. The number of rotatable bonds is 6. The predicted molar refractivity (Wildman–Crippen MR) is 67.0 cm³/mol. The highest BCUT2D eigenvalue weighted by atomic mass is 16.5. The Bertz CT molecular complexity index is 321. The van der Waals surface area contributed by atoms with Crippen LogP contribution in [0.1, 0.15) is 37.3 Å². The fraction of sp³-hybridized carbons (Fsp3) is 0.571. The van der Waals surface area contributed by atoms with Crippen molar-refractivity contribution in [2.75, 3.05) is 7.11 Å². The van der Waals surface area contributed by atoms with E-state index >= 15 is 0 Å². The summed E-state index contributed by atoms with van der Waals surface area (Å²) in [6, 6.07) is 6.09. The van der Waals surface area contributed by atoms with E-state index in [1.54, 1.807) is 7.11 Å². The molecule has 90 valence electrons. The molecule has 0 radical (unpaired) electrons. The molecular weight excluding hydrogens is 200 g/mol. The second kappa shape index (κ2) is 6.54. The first kappa shape index (κ1) is 13.0. The molecule has 0 amide bonds. The molecule has 0 spiro atoms. The molecule has 1 aromatic rings. The van der Waals surface area contributed by atoms with Gasteiger partial charge in [0.15, 0.2) is 0 Å². The maximum Gasteiger partial charge on any atom is 0.122 e. The van der Waals surface area contributed by atoms with Crippen molar-refractivity contribution < 1.29 is 9.84 Å². The summed E-state index contributed by atoms with van der Waals surface area (Å²) in [5.41, 5.74) is 2.31. The van der Waals surface area contributed by atoms with Gasteiger partial charge in [-0.3, -0.25) is 0 Å². The molecule has 2 nitrogen and oxygen atoms in total. The third-order valence-corrected chi connectivity index (χ3v) is 2.78. The molecule has 1 rings (SSSR count). The first-order valence-electron chi connectivity index (χ1n) is 5.99. The predicted octanol–water partition coefficient (Wildman–Crippen LogP) is 3.10. The summed E-state index contributed by atoms with van der Waals surface area (Å²) in [4.78, 5) is 0. The van der Waals surface area contributed by atoms with Crippen molar-refractivity contribution in [2.24, 2.45) is 0 Å². The van der Waals surface area contributed by atoms with E-state index in [1.165, 1.54) is 5.56 Å². The molecular formula is C14H22O2. The van der Waals surface area contributed by atoms with Gasteiger partial charge < -0.3 is 9.84 Å². The minimum atomic E-state index is -0.254. The second-order valence-corrected chi connectivity index (χ2v) is 4.32. The number of ether oxygens (including phenoxy) is 1. The molecule has 0 aliphatic carbocycles. The van der Waals surface area contributed by atoms with Gasteiger partial charge in [-0.2, -0.15) is 0 Å². The summed E-state index contributed by atoms with van der Waals surface area (Å²) in [5.74, 6) is 0.876. The van der Waals surface area contributed by atoms with Crippen LogP contribution in [0.3, 0.4) is 0 Å². The SMILES string of the molecule is CCCCC(O)Cc1cc(C)ccc1OC. The fourth-order valence-corrected chi connectivity index (χ4v) is 1.86. The lowest BCUT2D eigenvalue weighted by atomic mass is 10.0. The van der Waals surface area contributed by atoms with Crippen LogP contribution in [-0.4, -0.2) is 18.3 Å². The van der Waals surface area contributed by atoms with Gasteiger partial charge >= 0.3 is 0 Å². The summed E-state index contributed by atoms with van der Waals surface area (Å²) in [5, 5.41) is 9.89. The van der Waals surface area contributed by atoms with Crippen LogP contribution in [0.4, 0.5) is 0 Å². The molecule has 2 heteroatoms. The normalized spacial score (nSPS) is 12.5. The molecule has 1 unspecified atom stereocenters. The van der Waals surface area contributed by atoms with Crippen LogP contribution in [0, 0.1) is 6.92 Å². The second-order valence-electron chi connectivity index (χ2n) is 4.32. The highest BCUT2D eigenvalue weighted by Crippen LogP contribution is 2.22. The van der Waals surface area contributed by atoms with Gasteiger partial charge in [-0.1, -0.05) is 37.5 Å². The van der Waals surface area contributed by atoms with E-state index in [2.05, 4.69) is 19.9 Å². The zero-order valence-electron chi connectivity index (χ0n) is 10.5. The number of unbranched alkanes of at least 4 members (excludes halogenated alkanes) is 1. The number of aryl methyl sites for hydroxylation is 1. The molecule has 16 heavy (non-hydrogen) atoms. The number of aliphatic hydroxyl groups excluding tert-OH is 1. The van der Waals surface area contributed by atoms with E-state index < -0.39 is 0 Å². The maximum absolute atomic E-state index is 9.89. The van der Waals surface area contributed by atoms with Crippen LogP contribution in [0.2, 0.25) is 0 Å². The van der Waals surface area contributed by atoms with Crippen LogP contribution in [0.15, 0.2) is 18.2 Å². The third kappa shape index (κ3) is 3.86. The van der Waals surface area contributed by atoms with Crippen molar-refractivity contribution >= 4 is 0 Å². The minimum Gasteiger partial charge on any atom is -0.496 e. The molecule has 1 N–H and O–H groups in total. The van der Waals surface area contributed by atoms with E-state index in [0.717, 1.165) is 30.6 Å². The van der Waals surface area contributed by atoms with E-state index in [9.17, 15) is 5.11 Å². The minimum absolute atomic E-state index is 0.254. The van der Waals surface area contributed by atoms with Crippen LogP contribution in [0.25, 0.3) is 0 Å². The lowest BCUT2D eigenvalue weighted by Crippen LogP contribution is -2.11. The molecule has 0 saturated heterocycles. The number of hydrogen-bond donors (Lipinski definition) is 1.